The van der Waals surface area contributed by atoms with E-state index in [9.17, 15) is 4.79 Å². The number of ether oxygens (including phenoxy) is 1. The van der Waals surface area contributed by atoms with Gasteiger partial charge in [-0.2, -0.15) is 5.10 Å². The highest BCUT2D eigenvalue weighted by atomic mass is 79.9. The third kappa shape index (κ3) is 3.08. The summed E-state index contributed by atoms with van der Waals surface area (Å²) in [6.45, 7) is 0.0828. The van der Waals surface area contributed by atoms with Crippen molar-refractivity contribution in [3.63, 3.8) is 0 Å². The Balaban J connectivity index is 2.19. The van der Waals surface area contributed by atoms with Crippen LogP contribution in [0.15, 0.2) is 28.9 Å². The molecule has 0 fully saturated rings. The molecule has 0 radical (unpaired) electrons. The van der Waals surface area contributed by atoms with E-state index in [0.29, 0.717) is 16.5 Å². The highest BCUT2D eigenvalue weighted by Gasteiger charge is 2.15. The number of carboxylic acids is 1. The smallest absolute Gasteiger partial charge is 0.339 e. The van der Waals surface area contributed by atoms with Gasteiger partial charge in [-0.1, -0.05) is 27.5 Å². The van der Waals surface area contributed by atoms with Crippen LogP contribution in [0, 0.1) is 0 Å². The lowest BCUT2D eigenvalue weighted by molar-refractivity contribution is 0.0693. The molecule has 1 aromatic carbocycles. The lowest BCUT2D eigenvalue weighted by Gasteiger charge is -2.09. The fourth-order valence-electron chi connectivity index (χ4n) is 1.55. The number of benzene rings is 1. The van der Waals surface area contributed by atoms with E-state index in [1.807, 2.05) is 0 Å². The molecule has 0 spiro atoms. The monoisotopic (exact) mass is 344 g/mol. The normalized spacial score (nSPS) is 10.5. The average molecular weight is 346 g/mol. The molecule has 0 aliphatic rings. The second kappa shape index (κ2) is 5.63. The van der Waals surface area contributed by atoms with Crippen LogP contribution in [-0.2, 0) is 13.7 Å². The van der Waals surface area contributed by atoms with E-state index in [-0.39, 0.29) is 12.2 Å². The molecule has 2 aromatic rings. The fraction of sp³-hybridized carbons (Fsp3) is 0.167. The second-order valence-corrected chi connectivity index (χ2v) is 5.12. The van der Waals surface area contributed by atoms with E-state index >= 15 is 0 Å². The Kier molecular flexibility index (Phi) is 4.11. The number of carbonyl (C=O) groups is 1. The molecule has 1 heterocycles. The van der Waals surface area contributed by atoms with Crippen LogP contribution in [0.1, 0.15) is 16.1 Å². The van der Waals surface area contributed by atoms with Gasteiger partial charge in [0.15, 0.2) is 0 Å². The Morgan fingerprint density at radius 3 is 2.95 bits per heavy atom. The van der Waals surface area contributed by atoms with Crippen molar-refractivity contribution in [3.05, 3.63) is 45.1 Å². The maximum absolute atomic E-state index is 11.0. The average Bonchev–Trinajstić information content (AvgIpc) is 2.70. The van der Waals surface area contributed by atoms with Crippen LogP contribution in [0.2, 0.25) is 5.02 Å². The minimum atomic E-state index is -1.03. The molecule has 0 bridgehead atoms. The fourth-order valence-corrected chi connectivity index (χ4v) is 2.28. The molecule has 19 heavy (non-hydrogen) atoms. The minimum absolute atomic E-state index is 0.0828. The summed E-state index contributed by atoms with van der Waals surface area (Å²) >= 11 is 9.31. The van der Waals surface area contributed by atoms with Gasteiger partial charge in [-0.25, -0.2) is 4.79 Å². The largest absolute Gasteiger partial charge is 0.486 e. The second-order valence-electron chi connectivity index (χ2n) is 3.80. The molecule has 1 aromatic heterocycles. The van der Waals surface area contributed by atoms with Crippen molar-refractivity contribution in [1.82, 2.24) is 9.78 Å². The van der Waals surface area contributed by atoms with Gasteiger partial charge in [0.25, 0.3) is 0 Å². The first-order valence-corrected chi connectivity index (χ1v) is 6.48. The summed E-state index contributed by atoms with van der Waals surface area (Å²) in [7, 11) is 1.66. The van der Waals surface area contributed by atoms with E-state index < -0.39 is 5.97 Å². The number of aromatic nitrogens is 2. The lowest BCUT2D eigenvalue weighted by atomic mass is 10.2. The number of nitrogens with zero attached hydrogens (tertiary/aromatic N) is 2. The maximum Gasteiger partial charge on any atom is 0.339 e. The molecule has 0 aliphatic carbocycles. The molecule has 0 atom stereocenters. The van der Waals surface area contributed by atoms with Crippen molar-refractivity contribution in [2.75, 3.05) is 0 Å². The molecular weight excluding hydrogens is 336 g/mol. The van der Waals surface area contributed by atoms with E-state index in [2.05, 4.69) is 21.0 Å². The first-order valence-electron chi connectivity index (χ1n) is 5.31. The van der Waals surface area contributed by atoms with Crippen LogP contribution < -0.4 is 4.74 Å². The number of aromatic carboxylic acids is 1. The van der Waals surface area contributed by atoms with E-state index in [1.54, 1.807) is 25.2 Å². The molecule has 5 nitrogen and oxygen atoms in total. The summed E-state index contributed by atoms with van der Waals surface area (Å²) in [6, 6.07) is 5.21. The van der Waals surface area contributed by atoms with Crippen molar-refractivity contribution in [2.45, 2.75) is 6.61 Å². The van der Waals surface area contributed by atoms with Gasteiger partial charge in [0, 0.05) is 11.5 Å². The zero-order valence-corrected chi connectivity index (χ0v) is 12.3. The van der Waals surface area contributed by atoms with Gasteiger partial charge in [0.05, 0.1) is 16.9 Å². The topological polar surface area (TPSA) is 64.4 Å². The van der Waals surface area contributed by atoms with Gasteiger partial charge < -0.3 is 9.84 Å². The van der Waals surface area contributed by atoms with Gasteiger partial charge in [-0.15, -0.1) is 0 Å². The summed E-state index contributed by atoms with van der Waals surface area (Å²) in [4.78, 5) is 11.0. The van der Waals surface area contributed by atoms with E-state index in [4.69, 9.17) is 21.4 Å². The van der Waals surface area contributed by atoms with Crippen LogP contribution in [0.5, 0.6) is 5.75 Å². The maximum atomic E-state index is 11.0. The Labute approximate surface area is 122 Å². The first-order chi connectivity index (χ1) is 8.99. The molecule has 0 amide bonds. The van der Waals surface area contributed by atoms with Crippen LogP contribution in [-0.4, -0.2) is 20.9 Å². The number of hydrogen-bond acceptors (Lipinski definition) is 3. The van der Waals surface area contributed by atoms with Gasteiger partial charge >= 0.3 is 5.97 Å². The summed E-state index contributed by atoms with van der Waals surface area (Å²) < 4.78 is 7.84. The third-order valence-corrected chi connectivity index (χ3v) is 3.34. The molecule has 100 valence electrons. The van der Waals surface area contributed by atoms with Gasteiger partial charge in [0.1, 0.15) is 17.9 Å². The van der Waals surface area contributed by atoms with Crippen molar-refractivity contribution >= 4 is 33.5 Å². The summed E-state index contributed by atoms with van der Waals surface area (Å²) in [5.74, 6) is -0.545. The van der Waals surface area contributed by atoms with Crippen molar-refractivity contribution in [1.29, 1.82) is 0 Å². The van der Waals surface area contributed by atoms with Crippen molar-refractivity contribution < 1.29 is 14.6 Å². The summed E-state index contributed by atoms with van der Waals surface area (Å²) in [6.07, 6.45) is 1.30. The number of hydrogen-bond donors (Lipinski definition) is 1. The number of halogens is 2. The van der Waals surface area contributed by atoms with E-state index in [0.717, 1.165) is 4.47 Å². The first kappa shape index (κ1) is 13.9. The predicted molar refractivity (Wildman–Crippen MR) is 73.7 cm³/mol. The van der Waals surface area contributed by atoms with Crippen LogP contribution in [0.3, 0.4) is 0 Å². The zero-order valence-electron chi connectivity index (χ0n) is 9.93. The quantitative estimate of drug-likeness (QED) is 0.925. The molecule has 1 N–H and O–H groups in total. The third-order valence-electron chi connectivity index (χ3n) is 2.55. The Morgan fingerprint density at radius 2 is 2.32 bits per heavy atom. The molecule has 0 saturated carbocycles. The molecule has 2 rings (SSSR count). The van der Waals surface area contributed by atoms with E-state index in [1.165, 1.54) is 10.9 Å². The van der Waals surface area contributed by atoms with Crippen LogP contribution >= 0.6 is 27.5 Å². The molecular formula is C12H10BrClN2O3. The number of carboxylic acid groups (broad SMARTS) is 1. The summed E-state index contributed by atoms with van der Waals surface area (Å²) in [5.41, 5.74) is 0.599. The predicted octanol–water partition coefficient (Wildman–Crippen LogP) is 3.11. The molecule has 0 saturated heterocycles. The number of aryl methyl sites for hydroxylation is 1. The van der Waals surface area contributed by atoms with Gasteiger partial charge in [0.2, 0.25) is 0 Å². The SMILES string of the molecule is Cn1ncc(C(=O)O)c1COc1ccc(Br)cc1Cl. The lowest BCUT2D eigenvalue weighted by Crippen LogP contribution is -2.08. The highest BCUT2D eigenvalue weighted by molar-refractivity contribution is 9.10. The van der Waals surface area contributed by atoms with Crippen LogP contribution in [0.25, 0.3) is 0 Å². The Morgan fingerprint density at radius 1 is 1.58 bits per heavy atom. The Hall–Kier alpha value is -1.53. The Bertz CT molecular complexity index is 627. The molecule has 0 aliphatic heterocycles. The standard InChI is InChI=1S/C12H10BrClN2O3/c1-16-10(8(5-15-16)12(17)18)6-19-11-3-2-7(13)4-9(11)14/h2-5H,6H2,1H3,(H,17,18). The summed E-state index contributed by atoms with van der Waals surface area (Å²) in [5, 5.41) is 13.4. The number of rotatable bonds is 4. The molecule has 0 unspecified atom stereocenters. The van der Waals surface area contributed by atoms with Crippen molar-refractivity contribution in [3.8, 4) is 5.75 Å². The minimum Gasteiger partial charge on any atom is -0.486 e. The molecule has 7 heteroatoms. The van der Waals surface area contributed by atoms with Crippen LogP contribution in [0.4, 0.5) is 0 Å². The zero-order chi connectivity index (χ0) is 14.0. The van der Waals surface area contributed by atoms with Crippen molar-refractivity contribution in [2.24, 2.45) is 7.05 Å². The van der Waals surface area contributed by atoms with Gasteiger partial charge in [-0.3, -0.25) is 4.68 Å². The highest BCUT2D eigenvalue weighted by Crippen LogP contribution is 2.28. The van der Waals surface area contributed by atoms with Gasteiger partial charge in [-0.05, 0) is 18.2 Å².